The number of rotatable bonds is 7. The van der Waals surface area contributed by atoms with Gasteiger partial charge >= 0.3 is 6.09 Å². The first-order valence-corrected chi connectivity index (χ1v) is 10.8. The molecule has 4 rings (SSSR count). The lowest BCUT2D eigenvalue weighted by Crippen LogP contribution is -2.48. The number of hydrogen-bond donors (Lipinski definition) is 1. The van der Waals surface area contributed by atoms with Gasteiger partial charge in [0.05, 0.1) is 11.7 Å². The molecule has 7 heteroatoms. The van der Waals surface area contributed by atoms with Crippen molar-refractivity contribution in [2.45, 2.75) is 37.8 Å². The number of aromatic nitrogens is 2. The lowest BCUT2D eigenvalue weighted by Gasteiger charge is -2.43. The minimum absolute atomic E-state index is 0.00124. The van der Waals surface area contributed by atoms with Gasteiger partial charge in [0, 0.05) is 31.3 Å². The van der Waals surface area contributed by atoms with E-state index in [1.807, 2.05) is 43.3 Å². The zero-order valence-electron chi connectivity index (χ0n) is 17.9. The van der Waals surface area contributed by atoms with Crippen LogP contribution in [0.25, 0.3) is 11.3 Å². The van der Waals surface area contributed by atoms with E-state index < -0.39 is 11.7 Å². The third-order valence-corrected chi connectivity index (χ3v) is 6.11. The zero-order valence-corrected chi connectivity index (χ0v) is 17.9. The number of nitrogens with zero attached hydrogens (tertiary/aromatic N) is 3. The molecule has 0 aliphatic carbocycles. The quantitative estimate of drug-likeness (QED) is 0.574. The minimum Gasteiger partial charge on any atom is -0.438 e. The van der Waals surface area contributed by atoms with Crippen molar-refractivity contribution in [2.75, 3.05) is 13.2 Å². The smallest absolute Gasteiger partial charge is 0.411 e. The van der Waals surface area contributed by atoms with E-state index in [1.165, 1.54) is 12.1 Å². The molecule has 1 N–H and O–H groups in total. The molecule has 6 nitrogen and oxygen atoms in total. The topological polar surface area (TPSA) is 75.6 Å². The van der Waals surface area contributed by atoms with Crippen molar-refractivity contribution in [2.24, 2.45) is 0 Å². The van der Waals surface area contributed by atoms with Crippen LogP contribution in [0.5, 0.6) is 0 Å². The van der Waals surface area contributed by atoms with Crippen molar-refractivity contribution in [3.05, 3.63) is 83.8 Å². The molecule has 1 aliphatic heterocycles. The van der Waals surface area contributed by atoms with Crippen LogP contribution in [0.3, 0.4) is 0 Å². The van der Waals surface area contributed by atoms with Gasteiger partial charge in [-0.3, -0.25) is 0 Å². The molecule has 0 bridgehead atoms. The first-order valence-electron chi connectivity index (χ1n) is 10.8. The summed E-state index contributed by atoms with van der Waals surface area (Å²) < 4.78 is 19.4. The average molecular weight is 435 g/mol. The first kappa shape index (κ1) is 21.9. The molecule has 1 aliphatic rings. The predicted octanol–water partition coefficient (Wildman–Crippen LogP) is 4.85. The summed E-state index contributed by atoms with van der Waals surface area (Å²) in [6.45, 7) is 2.46. The second-order valence-electron chi connectivity index (χ2n) is 8.05. The molecular formula is C25H26FN3O3. The van der Waals surface area contributed by atoms with E-state index in [0.29, 0.717) is 25.8 Å². The molecule has 1 saturated heterocycles. The van der Waals surface area contributed by atoms with Crippen LogP contribution in [0.15, 0.2) is 66.9 Å². The van der Waals surface area contributed by atoms with E-state index in [-0.39, 0.29) is 18.5 Å². The number of hydrogen-bond acceptors (Lipinski definition) is 5. The summed E-state index contributed by atoms with van der Waals surface area (Å²) >= 11 is 0. The van der Waals surface area contributed by atoms with Crippen molar-refractivity contribution < 1.29 is 19.0 Å². The summed E-state index contributed by atoms with van der Waals surface area (Å²) in [5.41, 5.74) is 2.62. The van der Waals surface area contributed by atoms with E-state index in [0.717, 1.165) is 22.4 Å². The van der Waals surface area contributed by atoms with Gasteiger partial charge in [0.2, 0.25) is 0 Å². The molecule has 2 atom stereocenters. The van der Waals surface area contributed by atoms with Crippen LogP contribution in [0.4, 0.5) is 9.18 Å². The average Bonchev–Trinajstić information content (AvgIpc) is 2.83. The molecule has 32 heavy (non-hydrogen) atoms. The van der Waals surface area contributed by atoms with Crippen LogP contribution in [0.2, 0.25) is 0 Å². The number of amides is 1. The standard InChI is InChI=1S/C25H26FN3O3/c1-18(19-5-7-20(8-6-19)23-4-2-15-27-28-23)29-16-14-25(13-3-17-30,32-24(29)31)21-9-11-22(26)12-10-21/h2,4-12,15,18,30H,3,13-14,16-17H2,1H3/t18-,25?/m0/s1. The van der Waals surface area contributed by atoms with Crippen molar-refractivity contribution in [1.29, 1.82) is 0 Å². The molecular weight excluding hydrogens is 409 g/mol. The maximum absolute atomic E-state index is 13.4. The molecule has 3 aromatic rings. The van der Waals surface area contributed by atoms with Gasteiger partial charge in [-0.15, -0.1) is 0 Å². The second-order valence-corrected chi connectivity index (χ2v) is 8.05. The molecule has 1 amide bonds. The molecule has 2 aromatic carbocycles. The Balaban J connectivity index is 1.51. The fourth-order valence-electron chi connectivity index (χ4n) is 4.23. The van der Waals surface area contributed by atoms with Crippen molar-refractivity contribution in [3.8, 4) is 11.3 Å². The highest BCUT2D eigenvalue weighted by Crippen LogP contribution is 2.40. The molecule has 0 spiro atoms. The third kappa shape index (κ3) is 4.48. The molecule has 1 unspecified atom stereocenters. The summed E-state index contributed by atoms with van der Waals surface area (Å²) in [6.07, 6.45) is 2.75. The van der Waals surface area contributed by atoms with Gasteiger partial charge in [-0.2, -0.15) is 10.2 Å². The number of benzene rings is 2. The van der Waals surface area contributed by atoms with Crippen molar-refractivity contribution >= 4 is 6.09 Å². The fraction of sp³-hybridized carbons (Fsp3) is 0.320. The van der Waals surface area contributed by atoms with E-state index >= 15 is 0 Å². The number of aliphatic hydroxyl groups excluding tert-OH is 1. The molecule has 0 radical (unpaired) electrons. The maximum Gasteiger partial charge on any atom is 0.411 e. The Bertz CT molecular complexity index is 1040. The Labute approximate surface area is 186 Å². The molecule has 166 valence electrons. The molecule has 1 aromatic heterocycles. The number of halogens is 1. The highest BCUT2D eigenvalue weighted by atomic mass is 19.1. The second kappa shape index (κ2) is 9.44. The number of carbonyl (C=O) groups is 1. The van der Waals surface area contributed by atoms with Gasteiger partial charge in [0.25, 0.3) is 0 Å². The lowest BCUT2D eigenvalue weighted by atomic mass is 9.84. The van der Waals surface area contributed by atoms with Crippen LogP contribution in [0.1, 0.15) is 43.4 Å². The third-order valence-electron chi connectivity index (χ3n) is 6.11. The minimum atomic E-state index is -0.862. The predicted molar refractivity (Wildman–Crippen MR) is 118 cm³/mol. The molecule has 0 saturated carbocycles. The van der Waals surface area contributed by atoms with Crippen LogP contribution < -0.4 is 0 Å². The van der Waals surface area contributed by atoms with Crippen LogP contribution in [-0.4, -0.2) is 39.4 Å². The van der Waals surface area contributed by atoms with E-state index in [4.69, 9.17) is 4.74 Å². The number of ether oxygens (including phenoxy) is 1. The zero-order chi connectivity index (χ0) is 22.6. The number of aliphatic hydroxyl groups is 1. The SMILES string of the molecule is C[C@@H](c1ccc(-c2cccnn2)cc1)N1CCC(CCCO)(c2ccc(F)cc2)OC1=O. The van der Waals surface area contributed by atoms with Crippen molar-refractivity contribution in [1.82, 2.24) is 15.1 Å². The van der Waals surface area contributed by atoms with Crippen LogP contribution in [0, 0.1) is 5.82 Å². The van der Waals surface area contributed by atoms with Gasteiger partial charge in [-0.05, 0) is 55.2 Å². The Morgan fingerprint density at radius 1 is 1.16 bits per heavy atom. The Kier molecular flexibility index (Phi) is 6.46. The van der Waals surface area contributed by atoms with Gasteiger partial charge in [0.1, 0.15) is 11.4 Å². The van der Waals surface area contributed by atoms with Crippen molar-refractivity contribution in [3.63, 3.8) is 0 Å². The van der Waals surface area contributed by atoms with E-state index in [9.17, 15) is 14.3 Å². The first-order chi connectivity index (χ1) is 15.5. The number of cyclic esters (lactones) is 1. The summed E-state index contributed by atoms with van der Waals surface area (Å²) in [4.78, 5) is 14.8. The van der Waals surface area contributed by atoms with Crippen LogP contribution in [-0.2, 0) is 10.3 Å². The van der Waals surface area contributed by atoms with E-state index in [1.54, 1.807) is 23.2 Å². The van der Waals surface area contributed by atoms with Gasteiger partial charge < -0.3 is 14.7 Å². The summed E-state index contributed by atoms with van der Waals surface area (Å²) in [5, 5.41) is 17.4. The molecule has 1 fully saturated rings. The lowest BCUT2D eigenvalue weighted by molar-refractivity contribution is -0.0680. The monoisotopic (exact) mass is 435 g/mol. The van der Waals surface area contributed by atoms with Crippen LogP contribution >= 0.6 is 0 Å². The highest BCUT2D eigenvalue weighted by Gasteiger charge is 2.43. The summed E-state index contributed by atoms with van der Waals surface area (Å²) in [5.74, 6) is -0.339. The fourth-order valence-corrected chi connectivity index (χ4v) is 4.23. The Morgan fingerprint density at radius 3 is 2.53 bits per heavy atom. The maximum atomic E-state index is 13.4. The highest BCUT2D eigenvalue weighted by molar-refractivity contribution is 5.70. The van der Waals surface area contributed by atoms with E-state index in [2.05, 4.69) is 10.2 Å². The van der Waals surface area contributed by atoms with Gasteiger partial charge in [-0.25, -0.2) is 9.18 Å². The Morgan fingerprint density at radius 2 is 1.91 bits per heavy atom. The largest absolute Gasteiger partial charge is 0.438 e. The number of carbonyl (C=O) groups excluding carboxylic acids is 1. The summed E-state index contributed by atoms with van der Waals surface area (Å²) in [6, 6.07) is 17.5. The molecule has 2 heterocycles. The normalized spacial score (nSPS) is 19.5. The van der Waals surface area contributed by atoms with Gasteiger partial charge in [-0.1, -0.05) is 36.4 Å². The summed E-state index contributed by atoms with van der Waals surface area (Å²) in [7, 11) is 0. The Hall–Kier alpha value is -3.32. The van der Waals surface area contributed by atoms with Gasteiger partial charge in [0.15, 0.2) is 0 Å².